The lowest BCUT2D eigenvalue weighted by Gasteiger charge is -2.08. The molecule has 0 spiro atoms. The Balaban J connectivity index is 2.46. The normalized spacial score (nSPS) is 11.6. The third-order valence-electron chi connectivity index (χ3n) is 2.72. The smallest absolute Gasteiger partial charge is 0.275 e. The Hall–Kier alpha value is -1.96. The van der Waals surface area contributed by atoms with Gasteiger partial charge in [0.1, 0.15) is 0 Å². The molecule has 0 bridgehead atoms. The first-order valence-electron chi connectivity index (χ1n) is 5.46. The summed E-state index contributed by atoms with van der Waals surface area (Å²) in [4.78, 5) is 3.56. The van der Waals surface area contributed by atoms with E-state index in [9.17, 15) is 12.8 Å². The fraction of sp³-hybridized carbons (Fsp3) is 0.273. The Morgan fingerprint density at radius 1 is 1.37 bits per heavy atom. The quantitative estimate of drug-likeness (QED) is 0.923. The molecule has 0 aliphatic heterocycles. The predicted octanol–water partition coefficient (Wildman–Crippen LogP) is 1.37. The van der Waals surface area contributed by atoms with Crippen LogP contribution in [0.25, 0.3) is 0 Å². The maximum Gasteiger partial charge on any atom is 0.282 e. The Morgan fingerprint density at radius 2 is 2.05 bits per heavy atom. The van der Waals surface area contributed by atoms with Crippen LogP contribution in [-0.2, 0) is 17.1 Å². The molecule has 0 radical (unpaired) electrons. The van der Waals surface area contributed by atoms with E-state index in [1.165, 1.54) is 12.3 Å². The number of sulfonamides is 1. The Bertz CT molecular complexity index is 724. The van der Waals surface area contributed by atoms with Crippen molar-refractivity contribution in [3.8, 4) is 0 Å². The topological polar surface area (TPSA) is 76.9 Å². The van der Waals surface area contributed by atoms with Crippen molar-refractivity contribution >= 4 is 15.7 Å². The molecule has 0 saturated carbocycles. The number of hydrogen-bond donors (Lipinski definition) is 1. The van der Waals surface area contributed by atoms with Crippen LogP contribution < -0.4 is 4.72 Å². The van der Waals surface area contributed by atoms with Crippen LogP contribution in [0.4, 0.5) is 10.1 Å². The molecular formula is C11H13FN4O2S. The van der Waals surface area contributed by atoms with E-state index in [2.05, 4.69) is 14.8 Å². The molecule has 8 heteroatoms. The van der Waals surface area contributed by atoms with Crippen molar-refractivity contribution < 1.29 is 12.8 Å². The van der Waals surface area contributed by atoms with Crippen molar-refractivity contribution in [1.82, 2.24) is 14.8 Å². The molecule has 102 valence electrons. The lowest BCUT2D eigenvalue weighted by Crippen LogP contribution is -2.17. The SMILES string of the molecule is Cc1nn(C)c(C)c1NS(=O)(=O)c1ncccc1F. The number of rotatable bonds is 3. The van der Waals surface area contributed by atoms with Gasteiger partial charge in [0.05, 0.1) is 17.1 Å². The molecule has 2 aromatic heterocycles. The maximum absolute atomic E-state index is 13.5. The van der Waals surface area contributed by atoms with Crippen molar-refractivity contribution in [2.45, 2.75) is 18.9 Å². The van der Waals surface area contributed by atoms with Crippen LogP contribution in [0, 0.1) is 19.7 Å². The van der Waals surface area contributed by atoms with Gasteiger partial charge in [-0.05, 0) is 26.0 Å². The molecule has 19 heavy (non-hydrogen) atoms. The Kier molecular flexibility index (Phi) is 3.27. The molecule has 0 aliphatic carbocycles. The third kappa shape index (κ3) is 2.43. The average Bonchev–Trinajstić information content (AvgIpc) is 2.56. The lowest BCUT2D eigenvalue weighted by atomic mass is 10.3. The summed E-state index contributed by atoms with van der Waals surface area (Å²) < 4.78 is 41.5. The van der Waals surface area contributed by atoms with Gasteiger partial charge in [0.2, 0.25) is 5.03 Å². The van der Waals surface area contributed by atoms with Gasteiger partial charge in [-0.3, -0.25) is 9.40 Å². The van der Waals surface area contributed by atoms with Gasteiger partial charge in [-0.25, -0.2) is 9.37 Å². The zero-order valence-electron chi connectivity index (χ0n) is 10.7. The highest BCUT2D eigenvalue weighted by Gasteiger charge is 2.23. The largest absolute Gasteiger partial charge is 0.282 e. The van der Waals surface area contributed by atoms with E-state index >= 15 is 0 Å². The highest BCUT2D eigenvalue weighted by molar-refractivity contribution is 7.92. The lowest BCUT2D eigenvalue weighted by molar-refractivity contribution is 0.556. The number of hydrogen-bond acceptors (Lipinski definition) is 4. The highest BCUT2D eigenvalue weighted by atomic mass is 32.2. The molecule has 2 rings (SSSR count). The van der Waals surface area contributed by atoms with Crippen molar-refractivity contribution in [2.75, 3.05) is 4.72 Å². The molecule has 0 unspecified atom stereocenters. The first-order chi connectivity index (χ1) is 8.83. The van der Waals surface area contributed by atoms with E-state index in [1.807, 2.05) is 0 Å². The van der Waals surface area contributed by atoms with E-state index < -0.39 is 20.9 Å². The average molecular weight is 284 g/mol. The summed E-state index contributed by atoms with van der Waals surface area (Å²) in [5.41, 5.74) is 1.49. The first kappa shape index (κ1) is 13.5. The zero-order chi connectivity index (χ0) is 14.2. The summed E-state index contributed by atoms with van der Waals surface area (Å²) in [7, 11) is -2.37. The van der Waals surface area contributed by atoms with Crippen LogP contribution >= 0.6 is 0 Å². The summed E-state index contributed by atoms with van der Waals surface area (Å²) in [6, 6.07) is 2.37. The fourth-order valence-corrected chi connectivity index (χ4v) is 2.86. The molecule has 1 N–H and O–H groups in total. The summed E-state index contributed by atoms with van der Waals surface area (Å²) in [6.07, 6.45) is 1.22. The third-order valence-corrected chi connectivity index (χ3v) is 4.01. The van der Waals surface area contributed by atoms with Gasteiger partial charge in [-0.1, -0.05) is 0 Å². The van der Waals surface area contributed by atoms with Gasteiger partial charge >= 0.3 is 0 Å². The maximum atomic E-state index is 13.5. The van der Waals surface area contributed by atoms with Crippen molar-refractivity contribution in [1.29, 1.82) is 0 Å². The second kappa shape index (κ2) is 4.61. The van der Waals surface area contributed by atoms with E-state index in [1.54, 1.807) is 25.6 Å². The number of aromatic nitrogens is 3. The number of aryl methyl sites for hydroxylation is 2. The number of pyridine rings is 1. The summed E-state index contributed by atoms with van der Waals surface area (Å²) in [6.45, 7) is 3.38. The van der Waals surface area contributed by atoms with Gasteiger partial charge in [0.25, 0.3) is 10.0 Å². The molecule has 0 saturated heterocycles. The molecule has 2 aromatic rings. The van der Waals surface area contributed by atoms with Crippen LogP contribution in [-0.4, -0.2) is 23.2 Å². The summed E-state index contributed by atoms with van der Waals surface area (Å²) >= 11 is 0. The van der Waals surface area contributed by atoms with Crippen molar-refractivity contribution in [3.05, 3.63) is 35.5 Å². The summed E-state index contributed by atoms with van der Waals surface area (Å²) in [5, 5.41) is 3.46. The van der Waals surface area contributed by atoms with E-state index in [4.69, 9.17) is 0 Å². The summed E-state index contributed by atoms with van der Waals surface area (Å²) in [5.74, 6) is -0.894. The van der Waals surface area contributed by atoms with E-state index in [0.29, 0.717) is 17.1 Å². The van der Waals surface area contributed by atoms with Crippen LogP contribution in [0.15, 0.2) is 23.4 Å². The second-order valence-corrected chi connectivity index (χ2v) is 5.66. The standard InChI is InChI=1S/C11H13FN4O2S/c1-7-10(8(2)16(3)14-7)15-19(17,18)11-9(12)5-4-6-13-11/h4-6,15H,1-3H3. The van der Waals surface area contributed by atoms with Crippen molar-refractivity contribution in [2.24, 2.45) is 7.05 Å². The molecule has 0 fully saturated rings. The monoisotopic (exact) mass is 284 g/mol. The van der Waals surface area contributed by atoms with Crippen LogP contribution in [0.1, 0.15) is 11.4 Å². The minimum absolute atomic E-state index is 0.340. The highest BCUT2D eigenvalue weighted by Crippen LogP contribution is 2.22. The first-order valence-corrected chi connectivity index (χ1v) is 6.95. The fourth-order valence-electron chi connectivity index (χ4n) is 1.67. The molecule has 0 aromatic carbocycles. The minimum Gasteiger partial charge on any atom is -0.275 e. The molecule has 0 atom stereocenters. The molecule has 2 heterocycles. The van der Waals surface area contributed by atoms with E-state index in [0.717, 1.165) is 6.07 Å². The van der Waals surface area contributed by atoms with Gasteiger partial charge in [0, 0.05) is 13.2 Å². The predicted molar refractivity (Wildman–Crippen MR) is 67.7 cm³/mol. The minimum atomic E-state index is -4.07. The Morgan fingerprint density at radius 3 is 2.58 bits per heavy atom. The van der Waals surface area contributed by atoms with Gasteiger partial charge < -0.3 is 0 Å². The van der Waals surface area contributed by atoms with Gasteiger partial charge in [-0.15, -0.1) is 0 Å². The van der Waals surface area contributed by atoms with Crippen LogP contribution in [0.5, 0.6) is 0 Å². The Labute approximate surface area is 110 Å². The van der Waals surface area contributed by atoms with Gasteiger partial charge in [0.15, 0.2) is 5.82 Å². The number of nitrogens with one attached hydrogen (secondary N) is 1. The number of nitrogens with zero attached hydrogens (tertiary/aromatic N) is 3. The van der Waals surface area contributed by atoms with Crippen molar-refractivity contribution in [3.63, 3.8) is 0 Å². The number of halogens is 1. The second-order valence-electron chi connectivity index (χ2n) is 4.07. The molecule has 0 aliphatic rings. The molecule has 0 amide bonds. The van der Waals surface area contributed by atoms with Gasteiger partial charge in [-0.2, -0.15) is 13.5 Å². The number of anilines is 1. The van der Waals surface area contributed by atoms with Crippen LogP contribution in [0.3, 0.4) is 0 Å². The van der Waals surface area contributed by atoms with Crippen LogP contribution in [0.2, 0.25) is 0 Å². The zero-order valence-corrected chi connectivity index (χ0v) is 11.5. The molecular weight excluding hydrogens is 271 g/mol. The molecule has 6 nitrogen and oxygen atoms in total. The van der Waals surface area contributed by atoms with E-state index in [-0.39, 0.29) is 0 Å².